The number of hydrogen-bond donors (Lipinski definition) is 1. The molecule has 0 aromatic carbocycles. The Morgan fingerprint density at radius 3 is 2.48 bits per heavy atom. The number of aliphatic hydroxyl groups is 1. The Hall–Kier alpha value is -0.970. The van der Waals surface area contributed by atoms with E-state index >= 15 is 0 Å². The van der Waals surface area contributed by atoms with Crippen molar-refractivity contribution in [3.05, 3.63) is 23.8 Å². The summed E-state index contributed by atoms with van der Waals surface area (Å²) >= 11 is 0. The number of ether oxygens (including phenoxy) is 2. The number of carbonyl (C=O) groups excluding carboxylic acids is 1. The summed E-state index contributed by atoms with van der Waals surface area (Å²) in [6, 6.07) is 0. The van der Waals surface area contributed by atoms with E-state index in [2.05, 4.69) is 40.7 Å². The molecule has 8 atom stereocenters. The number of ketones is 1. The van der Waals surface area contributed by atoms with Crippen LogP contribution in [0.1, 0.15) is 66.7 Å². The lowest BCUT2D eigenvalue weighted by Crippen LogP contribution is -2.55. The molecule has 0 spiro atoms. The van der Waals surface area contributed by atoms with Crippen molar-refractivity contribution in [2.24, 2.45) is 45.8 Å². The maximum absolute atomic E-state index is 12.0. The smallest absolute Gasteiger partial charge is 0.178 e. The Morgan fingerprint density at radius 1 is 1.06 bits per heavy atom. The largest absolute Gasteiger partial charge is 0.392 e. The number of fused-ring (bicyclic) bond motifs is 5. The van der Waals surface area contributed by atoms with Crippen molar-refractivity contribution < 1.29 is 19.4 Å². The molecule has 0 aromatic heterocycles. The number of aliphatic hydroxyl groups excluding tert-OH is 1. The molecule has 1 unspecified atom stereocenters. The van der Waals surface area contributed by atoms with Crippen LogP contribution in [0, 0.1) is 45.8 Å². The van der Waals surface area contributed by atoms with Crippen LogP contribution in [0.2, 0.25) is 0 Å². The first-order chi connectivity index (χ1) is 14.6. The second-order valence-corrected chi connectivity index (χ2v) is 12.5. The molecule has 172 valence electrons. The van der Waals surface area contributed by atoms with Crippen molar-refractivity contribution in [3.8, 4) is 0 Å². The fourth-order valence-electron chi connectivity index (χ4n) is 8.27. The molecule has 0 aromatic rings. The van der Waals surface area contributed by atoms with Gasteiger partial charge in [0, 0.05) is 16.7 Å². The number of carbonyl (C=O) groups is 1. The Kier molecular flexibility index (Phi) is 5.12. The molecule has 5 aliphatic rings. The molecule has 0 radical (unpaired) electrons. The van der Waals surface area contributed by atoms with Gasteiger partial charge in [-0.2, -0.15) is 0 Å². The molecule has 1 aliphatic heterocycles. The summed E-state index contributed by atoms with van der Waals surface area (Å²) in [5.74, 6) is 2.25. The molecule has 1 saturated heterocycles. The van der Waals surface area contributed by atoms with Crippen molar-refractivity contribution in [1.29, 1.82) is 0 Å². The SMILES string of the molecule is CC(C1OCC(C)(C)CO1)[C@H]1CC[C@H]2[C@@H]3[C@H](O)CC4=CC(=O)C=C[C@]4(C)[C@H]3CC[C@]12C. The zero-order chi connectivity index (χ0) is 22.2. The van der Waals surface area contributed by atoms with Crippen LogP contribution in [0.5, 0.6) is 0 Å². The lowest BCUT2D eigenvalue weighted by atomic mass is 9.46. The van der Waals surface area contributed by atoms with Gasteiger partial charge in [0.1, 0.15) is 0 Å². The molecule has 0 amide bonds. The Morgan fingerprint density at radius 2 is 1.77 bits per heavy atom. The van der Waals surface area contributed by atoms with E-state index in [9.17, 15) is 9.90 Å². The molecular weight excluding hydrogens is 388 g/mol. The first-order valence-corrected chi connectivity index (χ1v) is 12.4. The van der Waals surface area contributed by atoms with E-state index in [1.54, 1.807) is 12.2 Å². The molecule has 4 aliphatic carbocycles. The highest BCUT2D eigenvalue weighted by molar-refractivity contribution is 6.01. The van der Waals surface area contributed by atoms with Crippen molar-refractivity contribution in [2.75, 3.05) is 13.2 Å². The molecule has 31 heavy (non-hydrogen) atoms. The van der Waals surface area contributed by atoms with E-state index in [1.165, 1.54) is 19.3 Å². The molecule has 3 saturated carbocycles. The summed E-state index contributed by atoms with van der Waals surface area (Å²) in [7, 11) is 0. The third-order valence-electron chi connectivity index (χ3n) is 9.99. The second kappa shape index (κ2) is 7.27. The summed E-state index contributed by atoms with van der Waals surface area (Å²) in [6.45, 7) is 13.0. The normalized spacial score (nSPS) is 47.9. The third-order valence-corrected chi connectivity index (χ3v) is 9.99. The molecule has 1 heterocycles. The zero-order valence-electron chi connectivity index (χ0n) is 19.9. The standard InChI is InChI=1S/C27H40O4/c1-16(24-30-14-25(2,3)15-31-24)19-6-7-20-23-21(9-11-27(19,20)5)26(4)10-8-18(28)12-17(26)13-22(23)29/h8,10,12,16,19-24,29H,6-7,9,11,13-15H2,1-5H3/t16?,19-,20+,21+,22-,23+,26+,27-/m1/s1. The van der Waals surface area contributed by atoms with Crippen LogP contribution in [-0.4, -0.2) is 36.5 Å². The summed E-state index contributed by atoms with van der Waals surface area (Å²) in [6.07, 6.45) is 10.6. The lowest BCUT2D eigenvalue weighted by Gasteiger charge is -2.59. The van der Waals surface area contributed by atoms with Crippen LogP contribution in [-0.2, 0) is 14.3 Å². The van der Waals surface area contributed by atoms with Crippen molar-refractivity contribution >= 4 is 5.78 Å². The summed E-state index contributed by atoms with van der Waals surface area (Å²) in [4.78, 5) is 12.0. The van der Waals surface area contributed by atoms with Crippen LogP contribution in [0.25, 0.3) is 0 Å². The minimum absolute atomic E-state index is 0.0733. The summed E-state index contributed by atoms with van der Waals surface area (Å²) in [5, 5.41) is 11.3. The van der Waals surface area contributed by atoms with E-state index in [0.717, 1.165) is 25.2 Å². The van der Waals surface area contributed by atoms with Crippen LogP contribution < -0.4 is 0 Å². The first-order valence-electron chi connectivity index (χ1n) is 12.4. The van der Waals surface area contributed by atoms with Gasteiger partial charge in [0.15, 0.2) is 12.1 Å². The number of hydrogen-bond acceptors (Lipinski definition) is 4. The zero-order valence-corrected chi connectivity index (χ0v) is 19.9. The predicted octanol–water partition coefficient (Wildman–Crippen LogP) is 4.92. The average molecular weight is 429 g/mol. The second-order valence-electron chi connectivity index (χ2n) is 12.5. The van der Waals surface area contributed by atoms with Crippen LogP contribution >= 0.6 is 0 Å². The maximum Gasteiger partial charge on any atom is 0.178 e. The topological polar surface area (TPSA) is 55.8 Å². The molecule has 5 rings (SSSR count). The van der Waals surface area contributed by atoms with Gasteiger partial charge in [0.25, 0.3) is 0 Å². The van der Waals surface area contributed by atoms with Gasteiger partial charge in [-0.15, -0.1) is 0 Å². The molecule has 4 fully saturated rings. The van der Waals surface area contributed by atoms with Gasteiger partial charge < -0.3 is 14.6 Å². The molecule has 0 bridgehead atoms. The Labute approximate surface area is 187 Å². The third kappa shape index (κ3) is 3.31. The van der Waals surface area contributed by atoms with Gasteiger partial charge >= 0.3 is 0 Å². The van der Waals surface area contributed by atoms with Crippen molar-refractivity contribution in [2.45, 2.75) is 79.1 Å². The minimum atomic E-state index is -0.342. The summed E-state index contributed by atoms with van der Waals surface area (Å²) in [5.41, 5.74) is 1.38. The first kappa shape index (κ1) is 21.9. The number of rotatable bonds is 2. The van der Waals surface area contributed by atoms with Gasteiger partial charge in [0.05, 0.1) is 19.3 Å². The van der Waals surface area contributed by atoms with E-state index in [0.29, 0.717) is 36.0 Å². The molecule has 4 nitrogen and oxygen atoms in total. The highest BCUT2D eigenvalue weighted by Crippen LogP contribution is 2.67. The Bertz CT molecular complexity index is 802. The maximum atomic E-state index is 12.0. The lowest BCUT2D eigenvalue weighted by molar-refractivity contribution is -0.253. The Balaban J connectivity index is 1.38. The quantitative estimate of drug-likeness (QED) is 0.678. The number of allylic oxidation sites excluding steroid dienone is 3. The van der Waals surface area contributed by atoms with E-state index in [1.807, 2.05) is 0 Å². The van der Waals surface area contributed by atoms with Gasteiger partial charge in [-0.25, -0.2) is 0 Å². The van der Waals surface area contributed by atoms with E-state index in [4.69, 9.17) is 9.47 Å². The fraction of sp³-hybridized carbons (Fsp3) is 0.815. The minimum Gasteiger partial charge on any atom is -0.392 e. The van der Waals surface area contributed by atoms with Gasteiger partial charge in [0.2, 0.25) is 0 Å². The monoisotopic (exact) mass is 428 g/mol. The fourth-order valence-corrected chi connectivity index (χ4v) is 8.27. The molecular formula is C27H40O4. The summed E-state index contributed by atoms with van der Waals surface area (Å²) < 4.78 is 12.4. The van der Waals surface area contributed by atoms with Crippen molar-refractivity contribution in [1.82, 2.24) is 0 Å². The average Bonchev–Trinajstić information content (AvgIpc) is 3.06. The molecule has 4 heteroatoms. The van der Waals surface area contributed by atoms with Crippen molar-refractivity contribution in [3.63, 3.8) is 0 Å². The van der Waals surface area contributed by atoms with Crippen LogP contribution in [0.15, 0.2) is 23.8 Å². The van der Waals surface area contributed by atoms with Crippen LogP contribution in [0.4, 0.5) is 0 Å². The predicted molar refractivity (Wildman–Crippen MR) is 120 cm³/mol. The van der Waals surface area contributed by atoms with E-state index < -0.39 is 0 Å². The van der Waals surface area contributed by atoms with Gasteiger partial charge in [-0.05, 0) is 73.3 Å². The highest BCUT2D eigenvalue weighted by Gasteiger charge is 2.62. The van der Waals surface area contributed by atoms with Gasteiger partial charge in [-0.3, -0.25) is 4.79 Å². The van der Waals surface area contributed by atoms with Gasteiger partial charge in [-0.1, -0.05) is 46.3 Å². The van der Waals surface area contributed by atoms with E-state index in [-0.39, 0.29) is 34.4 Å². The highest BCUT2D eigenvalue weighted by atomic mass is 16.7. The molecule has 1 N–H and O–H groups in total. The van der Waals surface area contributed by atoms with Crippen LogP contribution in [0.3, 0.4) is 0 Å².